The average Bonchev–Trinajstić information content (AvgIpc) is 3.02. The van der Waals surface area contributed by atoms with Crippen LogP contribution in [-0.2, 0) is 0 Å². The highest BCUT2D eigenvalue weighted by atomic mass is 16.3. The Morgan fingerprint density at radius 2 is 2.25 bits per heavy atom. The van der Waals surface area contributed by atoms with Gasteiger partial charge in [0, 0.05) is 12.6 Å². The zero-order valence-corrected chi connectivity index (χ0v) is 12.2. The quantitative estimate of drug-likeness (QED) is 0.795. The molecule has 20 heavy (non-hydrogen) atoms. The van der Waals surface area contributed by atoms with Crippen molar-refractivity contribution in [3.63, 3.8) is 0 Å². The van der Waals surface area contributed by atoms with E-state index in [1.54, 1.807) is 6.07 Å². The number of amides is 1. The summed E-state index contributed by atoms with van der Waals surface area (Å²) >= 11 is 0. The molecule has 2 aromatic heterocycles. The number of nitrogens with zero attached hydrogens (tertiary/aromatic N) is 1. The van der Waals surface area contributed by atoms with Crippen molar-refractivity contribution in [1.29, 1.82) is 0 Å². The molecule has 0 aromatic carbocycles. The van der Waals surface area contributed by atoms with Crippen LogP contribution in [0.1, 0.15) is 42.9 Å². The van der Waals surface area contributed by atoms with Crippen molar-refractivity contribution in [2.45, 2.75) is 33.6 Å². The van der Waals surface area contributed by atoms with Crippen LogP contribution in [0.4, 0.5) is 0 Å². The molecule has 0 aliphatic heterocycles. The molecule has 5 nitrogen and oxygen atoms in total. The van der Waals surface area contributed by atoms with Crippen molar-refractivity contribution < 1.29 is 9.21 Å². The third kappa shape index (κ3) is 3.73. The second-order valence-corrected chi connectivity index (χ2v) is 5.37. The van der Waals surface area contributed by atoms with Crippen molar-refractivity contribution in [2.24, 2.45) is 5.92 Å². The molecule has 0 atom stereocenters. The third-order valence-electron chi connectivity index (χ3n) is 3.06. The van der Waals surface area contributed by atoms with Gasteiger partial charge in [-0.15, -0.1) is 0 Å². The molecular weight excluding hydrogens is 254 g/mol. The normalized spacial score (nSPS) is 11.0. The molecule has 0 fully saturated rings. The smallest absolute Gasteiger partial charge is 0.271 e. The van der Waals surface area contributed by atoms with Gasteiger partial charge in [-0.1, -0.05) is 13.8 Å². The summed E-state index contributed by atoms with van der Waals surface area (Å²) in [5.41, 5.74) is 1.10. The fourth-order valence-corrected chi connectivity index (χ4v) is 1.95. The highest BCUT2D eigenvalue weighted by molar-refractivity contribution is 5.93. The molecule has 0 radical (unpaired) electrons. The fourth-order valence-electron chi connectivity index (χ4n) is 1.95. The van der Waals surface area contributed by atoms with Crippen molar-refractivity contribution in [3.8, 4) is 11.5 Å². The maximum atomic E-state index is 11.9. The standard InChI is InChI=1S/C15H21N3O2/c1-10(2)5-4-8-16-15(19)13-9-12(17-18-13)14-7-6-11(3)20-14/h6-7,9-10H,4-5,8H2,1-3H3,(H,16,19)(H,17,18). The molecule has 2 aromatic rings. The van der Waals surface area contributed by atoms with Crippen LogP contribution in [0.2, 0.25) is 0 Å². The fraction of sp³-hybridized carbons (Fsp3) is 0.467. The van der Waals surface area contributed by atoms with Gasteiger partial charge in [0.25, 0.3) is 5.91 Å². The number of hydrogen-bond donors (Lipinski definition) is 2. The Kier molecular flexibility index (Phi) is 4.61. The zero-order chi connectivity index (χ0) is 14.5. The van der Waals surface area contributed by atoms with Gasteiger partial charge in [-0.2, -0.15) is 5.10 Å². The lowest BCUT2D eigenvalue weighted by atomic mass is 10.1. The van der Waals surface area contributed by atoms with E-state index in [1.165, 1.54) is 0 Å². The van der Waals surface area contributed by atoms with Crippen LogP contribution in [0.3, 0.4) is 0 Å². The maximum absolute atomic E-state index is 11.9. The number of furan rings is 1. The Morgan fingerprint density at radius 3 is 2.90 bits per heavy atom. The lowest BCUT2D eigenvalue weighted by molar-refractivity contribution is 0.0947. The number of aromatic amines is 1. The number of aromatic nitrogens is 2. The molecule has 1 amide bonds. The summed E-state index contributed by atoms with van der Waals surface area (Å²) in [5, 5.41) is 9.71. The first kappa shape index (κ1) is 14.4. The minimum atomic E-state index is -0.153. The van der Waals surface area contributed by atoms with Crippen LogP contribution in [0.15, 0.2) is 22.6 Å². The van der Waals surface area contributed by atoms with Gasteiger partial charge in [0.05, 0.1) is 0 Å². The minimum Gasteiger partial charge on any atom is -0.460 e. The summed E-state index contributed by atoms with van der Waals surface area (Å²) in [6.45, 7) is 6.90. The Morgan fingerprint density at radius 1 is 1.45 bits per heavy atom. The van der Waals surface area contributed by atoms with Crippen LogP contribution in [-0.4, -0.2) is 22.6 Å². The van der Waals surface area contributed by atoms with Crippen LogP contribution >= 0.6 is 0 Å². The van der Waals surface area contributed by atoms with Gasteiger partial charge in [0.1, 0.15) is 11.5 Å². The summed E-state index contributed by atoms with van der Waals surface area (Å²) in [5.74, 6) is 2.02. The first-order valence-corrected chi connectivity index (χ1v) is 6.96. The Hall–Kier alpha value is -2.04. The molecular formula is C15H21N3O2. The van der Waals surface area contributed by atoms with Gasteiger partial charge in [-0.05, 0) is 37.8 Å². The summed E-state index contributed by atoms with van der Waals surface area (Å²) in [7, 11) is 0. The number of nitrogens with one attached hydrogen (secondary N) is 2. The van der Waals surface area contributed by atoms with Crippen molar-refractivity contribution in [2.75, 3.05) is 6.54 Å². The highest BCUT2D eigenvalue weighted by Crippen LogP contribution is 2.20. The lowest BCUT2D eigenvalue weighted by Gasteiger charge is -2.05. The molecule has 0 saturated carbocycles. The second-order valence-electron chi connectivity index (χ2n) is 5.37. The van der Waals surface area contributed by atoms with Crippen LogP contribution in [0.5, 0.6) is 0 Å². The van der Waals surface area contributed by atoms with Gasteiger partial charge >= 0.3 is 0 Å². The van der Waals surface area contributed by atoms with Gasteiger partial charge in [0.15, 0.2) is 11.5 Å². The van der Waals surface area contributed by atoms with Gasteiger partial charge in [-0.25, -0.2) is 0 Å². The number of carbonyl (C=O) groups is 1. The van der Waals surface area contributed by atoms with E-state index in [-0.39, 0.29) is 5.91 Å². The van der Waals surface area contributed by atoms with E-state index in [0.29, 0.717) is 29.6 Å². The van der Waals surface area contributed by atoms with E-state index < -0.39 is 0 Å². The van der Waals surface area contributed by atoms with Gasteiger partial charge < -0.3 is 9.73 Å². The van der Waals surface area contributed by atoms with E-state index in [0.717, 1.165) is 18.6 Å². The Bertz CT molecular complexity index is 569. The maximum Gasteiger partial charge on any atom is 0.271 e. The topological polar surface area (TPSA) is 70.9 Å². The van der Waals surface area contributed by atoms with Crippen LogP contribution in [0, 0.1) is 12.8 Å². The predicted molar refractivity (Wildman–Crippen MR) is 77.4 cm³/mol. The summed E-state index contributed by atoms with van der Waals surface area (Å²) in [4.78, 5) is 11.9. The van der Waals surface area contributed by atoms with Crippen LogP contribution in [0.25, 0.3) is 11.5 Å². The molecule has 108 valence electrons. The number of rotatable bonds is 6. The molecule has 0 spiro atoms. The van der Waals surface area contributed by atoms with Crippen molar-refractivity contribution in [1.82, 2.24) is 15.5 Å². The number of H-pyrrole nitrogens is 1. The molecule has 0 aliphatic rings. The molecule has 2 heterocycles. The summed E-state index contributed by atoms with van der Waals surface area (Å²) in [6.07, 6.45) is 2.09. The third-order valence-corrected chi connectivity index (χ3v) is 3.06. The molecule has 0 saturated heterocycles. The first-order valence-electron chi connectivity index (χ1n) is 6.96. The molecule has 2 N–H and O–H groups in total. The largest absolute Gasteiger partial charge is 0.460 e. The van der Waals surface area contributed by atoms with Crippen molar-refractivity contribution in [3.05, 3.63) is 29.7 Å². The number of hydrogen-bond acceptors (Lipinski definition) is 3. The van der Waals surface area contributed by atoms with E-state index in [2.05, 4.69) is 29.4 Å². The predicted octanol–water partition coefficient (Wildman–Crippen LogP) is 3.14. The minimum absolute atomic E-state index is 0.153. The van der Waals surface area contributed by atoms with Gasteiger partial charge in [-0.3, -0.25) is 9.89 Å². The van der Waals surface area contributed by atoms with E-state index in [1.807, 2.05) is 19.1 Å². The van der Waals surface area contributed by atoms with E-state index in [4.69, 9.17) is 4.42 Å². The first-order chi connectivity index (χ1) is 9.56. The van der Waals surface area contributed by atoms with Crippen molar-refractivity contribution >= 4 is 5.91 Å². The molecule has 2 rings (SSSR count). The molecule has 0 unspecified atom stereocenters. The highest BCUT2D eigenvalue weighted by Gasteiger charge is 2.12. The number of aryl methyl sites for hydroxylation is 1. The monoisotopic (exact) mass is 275 g/mol. The molecule has 0 bridgehead atoms. The molecule has 0 aliphatic carbocycles. The zero-order valence-electron chi connectivity index (χ0n) is 12.2. The molecule has 5 heteroatoms. The lowest BCUT2D eigenvalue weighted by Crippen LogP contribution is -2.25. The van der Waals surface area contributed by atoms with Gasteiger partial charge in [0.2, 0.25) is 0 Å². The SMILES string of the molecule is Cc1ccc(-c2cc(C(=O)NCCCC(C)C)n[nH]2)o1. The Balaban J connectivity index is 1.90. The summed E-state index contributed by atoms with van der Waals surface area (Å²) in [6, 6.07) is 5.44. The second kappa shape index (κ2) is 6.41. The van der Waals surface area contributed by atoms with E-state index >= 15 is 0 Å². The van der Waals surface area contributed by atoms with E-state index in [9.17, 15) is 4.79 Å². The number of carbonyl (C=O) groups excluding carboxylic acids is 1. The average molecular weight is 275 g/mol. The summed E-state index contributed by atoms with van der Waals surface area (Å²) < 4.78 is 5.48. The van der Waals surface area contributed by atoms with Crippen LogP contribution < -0.4 is 5.32 Å². The Labute approximate surface area is 118 Å².